The number of rotatable bonds is 3. The van der Waals surface area contributed by atoms with Crippen LogP contribution in [0.1, 0.15) is 29.5 Å². The van der Waals surface area contributed by atoms with Crippen molar-refractivity contribution in [2.45, 2.75) is 31.2 Å². The molecule has 0 saturated carbocycles. The molecule has 0 amide bonds. The molecular weight excluding hydrogens is 365 g/mol. The molecule has 3 nitrogen and oxygen atoms in total. The summed E-state index contributed by atoms with van der Waals surface area (Å²) in [6.45, 7) is 1.93. The normalized spacial score (nSPS) is 17.7. The summed E-state index contributed by atoms with van der Waals surface area (Å²) in [5, 5.41) is 12.0. The standard InChI is InChI=1S/C22H21F3N2O/c23-22(24,25)19-6-3-5-18(13-19)21(28)8-10-27(11-9-21)15-16-12-17-4-1-2-7-20(17)26-14-16/h1-7,12-14,28H,8-11,15H2. The molecule has 2 aromatic carbocycles. The lowest BCUT2D eigenvalue weighted by molar-refractivity contribution is -0.137. The number of hydrogen-bond acceptors (Lipinski definition) is 3. The van der Waals surface area contributed by atoms with Crippen LogP contribution in [0.2, 0.25) is 0 Å². The van der Waals surface area contributed by atoms with Crippen molar-refractivity contribution in [2.24, 2.45) is 0 Å². The number of para-hydroxylation sites is 1. The summed E-state index contributed by atoms with van der Waals surface area (Å²) in [5.74, 6) is 0. The molecule has 146 valence electrons. The SMILES string of the molecule is OC1(c2cccc(C(F)(F)F)c2)CCN(Cc2cnc3ccccc3c2)CC1. The first kappa shape index (κ1) is 18.9. The molecule has 1 aliphatic heterocycles. The predicted octanol–water partition coefficient (Wildman–Crippen LogP) is 4.74. The quantitative estimate of drug-likeness (QED) is 0.707. The Balaban J connectivity index is 1.45. The topological polar surface area (TPSA) is 36.4 Å². The van der Waals surface area contributed by atoms with Gasteiger partial charge in [0, 0.05) is 31.2 Å². The molecule has 28 heavy (non-hydrogen) atoms. The van der Waals surface area contributed by atoms with Gasteiger partial charge >= 0.3 is 6.18 Å². The van der Waals surface area contributed by atoms with Gasteiger partial charge in [-0.05, 0) is 48.2 Å². The van der Waals surface area contributed by atoms with Gasteiger partial charge in [-0.1, -0.05) is 30.3 Å². The van der Waals surface area contributed by atoms with Crippen molar-refractivity contribution < 1.29 is 18.3 Å². The Morgan fingerprint density at radius 1 is 1.00 bits per heavy atom. The fourth-order valence-electron chi connectivity index (χ4n) is 3.82. The molecule has 1 aliphatic rings. The van der Waals surface area contributed by atoms with Crippen molar-refractivity contribution in [1.29, 1.82) is 0 Å². The zero-order chi connectivity index (χ0) is 19.8. The van der Waals surface area contributed by atoms with Gasteiger partial charge < -0.3 is 5.11 Å². The Bertz CT molecular complexity index is 979. The molecular formula is C22H21F3N2O. The third-order valence-corrected chi connectivity index (χ3v) is 5.46. The number of pyridine rings is 1. The largest absolute Gasteiger partial charge is 0.416 e. The second-order valence-electron chi connectivity index (χ2n) is 7.42. The molecule has 0 atom stereocenters. The highest BCUT2D eigenvalue weighted by molar-refractivity contribution is 5.78. The maximum atomic E-state index is 13.0. The zero-order valence-corrected chi connectivity index (χ0v) is 15.3. The smallest absolute Gasteiger partial charge is 0.385 e. The highest BCUT2D eigenvalue weighted by atomic mass is 19.4. The number of alkyl halides is 3. The van der Waals surface area contributed by atoms with E-state index < -0.39 is 17.3 Å². The lowest BCUT2D eigenvalue weighted by atomic mass is 9.83. The number of halogens is 3. The van der Waals surface area contributed by atoms with E-state index in [1.54, 1.807) is 6.07 Å². The average molecular weight is 386 g/mol. The van der Waals surface area contributed by atoms with Crippen molar-refractivity contribution in [2.75, 3.05) is 13.1 Å². The van der Waals surface area contributed by atoms with Crippen LogP contribution in [0.15, 0.2) is 60.8 Å². The van der Waals surface area contributed by atoms with Crippen LogP contribution >= 0.6 is 0 Å². The van der Waals surface area contributed by atoms with Crippen molar-refractivity contribution in [3.8, 4) is 0 Å². The van der Waals surface area contributed by atoms with Crippen LogP contribution in [-0.4, -0.2) is 28.1 Å². The zero-order valence-electron chi connectivity index (χ0n) is 15.3. The maximum absolute atomic E-state index is 13.0. The molecule has 1 N–H and O–H groups in total. The number of benzene rings is 2. The van der Waals surface area contributed by atoms with E-state index in [4.69, 9.17) is 0 Å². The molecule has 1 fully saturated rings. The minimum atomic E-state index is -4.41. The minimum Gasteiger partial charge on any atom is -0.385 e. The molecule has 1 saturated heterocycles. The van der Waals surface area contributed by atoms with Crippen LogP contribution < -0.4 is 0 Å². The van der Waals surface area contributed by atoms with Crippen molar-refractivity contribution in [1.82, 2.24) is 9.88 Å². The fraction of sp³-hybridized carbons (Fsp3) is 0.318. The lowest BCUT2D eigenvalue weighted by Crippen LogP contribution is -2.42. The summed E-state index contributed by atoms with van der Waals surface area (Å²) < 4.78 is 38.9. The number of piperidine rings is 1. The van der Waals surface area contributed by atoms with E-state index in [-0.39, 0.29) is 0 Å². The van der Waals surface area contributed by atoms with Crippen LogP contribution in [0.25, 0.3) is 10.9 Å². The third-order valence-electron chi connectivity index (χ3n) is 5.46. The number of aliphatic hydroxyl groups is 1. The molecule has 1 aromatic heterocycles. The number of likely N-dealkylation sites (tertiary alicyclic amines) is 1. The molecule has 0 aliphatic carbocycles. The van der Waals surface area contributed by atoms with Gasteiger partial charge in [0.1, 0.15) is 0 Å². The Morgan fingerprint density at radius 3 is 2.50 bits per heavy atom. The van der Waals surface area contributed by atoms with E-state index in [0.717, 1.165) is 28.6 Å². The van der Waals surface area contributed by atoms with E-state index in [0.29, 0.717) is 38.0 Å². The van der Waals surface area contributed by atoms with Gasteiger partial charge in [-0.2, -0.15) is 13.2 Å². The van der Waals surface area contributed by atoms with Gasteiger partial charge in [0.15, 0.2) is 0 Å². The Kier molecular flexibility index (Phi) is 4.85. The first-order chi connectivity index (χ1) is 13.3. The van der Waals surface area contributed by atoms with Crippen molar-refractivity contribution in [3.63, 3.8) is 0 Å². The van der Waals surface area contributed by atoms with E-state index >= 15 is 0 Å². The van der Waals surface area contributed by atoms with Crippen LogP contribution in [0.5, 0.6) is 0 Å². The van der Waals surface area contributed by atoms with Gasteiger partial charge in [0.25, 0.3) is 0 Å². The molecule has 0 unspecified atom stereocenters. The number of fused-ring (bicyclic) bond motifs is 1. The average Bonchev–Trinajstić information content (AvgIpc) is 2.69. The van der Waals surface area contributed by atoms with E-state index in [2.05, 4.69) is 16.0 Å². The van der Waals surface area contributed by atoms with Gasteiger partial charge in [-0.3, -0.25) is 9.88 Å². The van der Waals surface area contributed by atoms with Crippen LogP contribution in [0, 0.1) is 0 Å². The Hall–Kier alpha value is -2.44. The third kappa shape index (κ3) is 3.88. The summed E-state index contributed by atoms with van der Waals surface area (Å²) in [5.41, 5.74) is 0.434. The van der Waals surface area contributed by atoms with Crippen LogP contribution in [0.4, 0.5) is 13.2 Å². The fourth-order valence-corrected chi connectivity index (χ4v) is 3.82. The Labute approximate surface area is 161 Å². The predicted molar refractivity (Wildman–Crippen MR) is 102 cm³/mol. The van der Waals surface area contributed by atoms with E-state index in [1.807, 2.05) is 30.5 Å². The minimum absolute atomic E-state index is 0.342. The highest BCUT2D eigenvalue weighted by Gasteiger charge is 2.37. The summed E-state index contributed by atoms with van der Waals surface area (Å²) >= 11 is 0. The van der Waals surface area contributed by atoms with Crippen molar-refractivity contribution in [3.05, 3.63) is 77.5 Å². The van der Waals surface area contributed by atoms with Crippen LogP contribution in [-0.2, 0) is 18.3 Å². The number of nitrogens with zero attached hydrogens (tertiary/aromatic N) is 2. The lowest BCUT2D eigenvalue weighted by Gasteiger charge is -2.38. The summed E-state index contributed by atoms with van der Waals surface area (Å²) in [4.78, 5) is 6.68. The van der Waals surface area contributed by atoms with Crippen molar-refractivity contribution >= 4 is 10.9 Å². The van der Waals surface area contributed by atoms with Gasteiger partial charge in [0.2, 0.25) is 0 Å². The molecule has 0 spiro atoms. The van der Waals surface area contributed by atoms with Gasteiger partial charge in [-0.15, -0.1) is 0 Å². The second kappa shape index (κ2) is 7.18. The Morgan fingerprint density at radius 2 is 1.75 bits per heavy atom. The van der Waals surface area contributed by atoms with Crippen LogP contribution in [0.3, 0.4) is 0 Å². The maximum Gasteiger partial charge on any atom is 0.416 e. The van der Waals surface area contributed by atoms with Gasteiger partial charge in [0.05, 0.1) is 16.7 Å². The summed E-state index contributed by atoms with van der Waals surface area (Å²) in [7, 11) is 0. The van der Waals surface area contributed by atoms with E-state index in [9.17, 15) is 18.3 Å². The summed E-state index contributed by atoms with van der Waals surface area (Å²) in [6.07, 6.45) is -1.75. The molecule has 2 heterocycles. The monoisotopic (exact) mass is 386 g/mol. The number of hydrogen-bond donors (Lipinski definition) is 1. The molecule has 6 heteroatoms. The molecule has 0 radical (unpaired) electrons. The summed E-state index contributed by atoms with van der Waals surface area (Å²) in [6, 6.07) is 15.1. The first-order valence-electron chi connectivity index (χ1n) is 9.30. The molecule has 0 bridgehead atoms. The first-order valence-corrected chi connectivity index (χ1v) is 9.30. The number of aromatic nitrogens is 1. The molecule has 4 rings (SSSR count). The highest BCUT2D eigenvalue weighted by Crippen LogP contribution is 2.37. The van der Waals surface area contributed by atoms with E-state index in [1.165, 1.54) is 6.07 Å². The molecule has 3 aromatic rings. The van der Waals surface area contributed by atoms with Gasteiger partial charge in [-0.25, -0.2) is 0 Å². The second-order valence-corrected chi connectivity index (χ2v) is 7.42.